The molecule has 1 heteroatoms. The highest BCUT2D eigenvalue weighted by molar-refractivity contribution is 5.23. The minimum Gasteiger partial charge on any atom is -0.362 e. The normalized spacial score (nSPS) is 10.6. The molecule has 0 fully saturated rings. The van der Waals surface area contributed by atoms with E-state index in [0.29, 0.717) is 0 Å². The maximum atomic E-state index is 3.52. The van der Waals surface area contributed by atoms with Gasteiger partial charge in [0.05, 0.1) is 0 Å². The summed E-state index contributed by atoms with van der Waals surface area (Å²) in [6.07, 6.45) is 6.10. The van der Waals surface area contributed by atoms with Crippen molar-refractivity contribution in [1.82, 2.24) is 4.98 Å². The molecule has 0 aliphatic rings. The molecule has 1 heterocycles. The summed E-state index contributed by atoms with van der Waals surface area (Å²) in [6.45, 7) is 2.25. The molecule has 0 unspecified atom stereocenters. The Morgan fingerprint density at radius 3 is 2.41 bits per heavy atom. The first-order valence-corrected chi connectivity index (χ1v) is 6.59. The summed E-state index contributed by atoms with van der Waals surface area (Å²) in [5.41, 5.74) is 4.07. The third-order valence-corrected chi connectivity index (χ3v) is 3.09. The average Bonchev–Trinajstić information content (AvgIpc) is 2.79. The van der Waals surface area contributed by atoms with Crippen LogP contribution in [0.4, 0.5) is 0 Å². The van der Waals surface area contributed by atoms with Crippen molar-refractivity contribution in [2.75, 3.05) is 0 Å². The number of aromatic nitrogens is 1. The van der Waals surface area contributed by atoms with Crippen molar-refractivity contribution >= 4 is 0 Å². The zero-order valence-corrected chi connectivity index (χ0v) is 10.6. The fraction of sp³-hybridized carbons (Fsp3) is 0.375. The van der Waals surface area contributed by atoms with Crippen LogP contribution >= 0.6 is 0 Å². The second-order valence-electron chi connectivity index (χ2n) is 4.63. The lowest BCUT2D eigenvalue weighted by molar-refractivity contribution is 0.708. The van der Waals surface area contributed by atoms with Crippen LogP contribution in [-0.4, -0.2) is 4.98 Å². The topological polar surface area (TPSA) is 15.8 Å². The molecule has 2 rings (SSSR count). The van der Waals surface area contributed by atoms with Gasteiger partial charge in [0.15, 0.2) is 0 Å². The summed E-state index contributed by atoms with van der Waals surface area (Å²) in [5, 5.41) is 0. The molecule has 0 aliphatic heterocycles. The van der Waals surface area contributed by atoms with Gasteiger partial charge in [-0.3, -0.25) is 0 Å². The van der Waals surface area contributed by atoms with Crippen molar-refractivity contribution in [1.29, 1.82) is 0 Å². The fourth-order valence-corrected chi connectivity index (χ4v) is 2.12. The third-order valence-electron chi connectivity index (χ3n) is 3.09. The number of rotatable bonds is 6. The lowest BCUT2D eigenvalue weighted by atomic mass is 10.1. The molecule has 0 saturated heterocycles. The first-order chi connectivity index (χ1) is 8.38. The van der Waals surface area contributed by atoms with E-state index in [4.69, 9.17) is 0 Å². The van der Waals surface area contributed by atoms with Gasteiger partial charge >= 0.3 is 0 Å². The smallest absolute Gasteiger partial charge is 0.0193 e. The van der Waals surface area contributed by atoms with Gasteiger partial charge in [-0.15, -0.1) is 0 Å². The molecule has 0 spiro atoms. The summed E-state index contributed by atoms with van der Waals surface area (Å²) in [5.74, 6) is 0. The van der Waals surface area contributed by atoms with Crippen LogP contribution < -0.4 is 0 Å². The van der Waals surface area contributed by atoms with Gasteiger partial charge in [0.25, 0.3) is 0 Å². The van der Waals surface area contributed by atoms with Crippen LogP contribution in [0.3, 0.4) is 0 Å². The predicted octanol–water partition coefficient (Wildman–Crippen LogP) is 4.34. The number of nitrogens with one attached hydrogen (secondary N) is 1. The van der Waals surface area contributed by atoms with Crippen molar-refractivity contribution in [2.45, 2.75) is 39.0 Å². The lowest BCUT2D eigenvalue weighted by Gasteiger charge is -1.99. The second kappa shape index (κ2) is 6.29. The first-order valence-electron chi connectivity index (χ1n) is 6.59. The zero-order valence-electron chi connectivity index (χ0n) is 10.6. The van der Waals surface area contributed by atoms with Crippen molar-refractivity contribution in [3.63, 3.8) is 0 Å². The Morgan fingerprint density at radius 2 is 1.65 bits per heavy atom. The predicted molar refractivity (Wildman–Crippen MR) is 73.3 cm³/mol. The van der Waals surface area contributed by atoms with E-state index in [-0.39, 0.29) is 0 Å². The van der Waals surface area contributed by atoms with Crippen LogP contribution in [0, 0.1) is 0 Å². The van der Waals surface area contributed by atoms with E-state index >= 15 is 0 Å². The summed E-state index contributed by atoms with van der Waals surface area (Å²) in [7, 11) is 0. The highest BCUT2D eigenvalue weighted by Crippen LogP contribution is 2.11. The Balaban J connectivity index is 1.90. The first kappa shape index (κ1) is 12.0. The second-order valence-corrected chi connectivity index (χ2v) is 4.63. The molecule has 1 nitrogen and oxygen atoms in total. The van der Waals surface area contributed by atoms with Crippen LogP contribution in [0.25, 0.3) is 0 Å². The minimum absolute atomic E-state index is 1.01. The van der Waals surface area contributed by atoms with Crippen molar-refractivity contribution in [2.24, 2.45) is 0 Å². The quantitative estimate of drug-likeness (QED) is 0.707. The summed E-state index contributed by atoms with van der Waals surface area (Å²) in [4.78, 5) is 3.52. The Morgan fingerprint density at radius 1 is 0.882 bits per heavy atom. The number of H-pyrrole nitrogens is 1. The third kappa shape index (κ3) is 3.77. The van der Waals surface area contributed by atoms with E-state index in [0.717, 1.165) is 6.42 Å². The van der Waals surface area contributed by atoms with E-state index in [9.17, 15) is 0 Å². The van der Waals surface area contributed by atoms with Crippen LogP contribution in [0.5, 0.6) is 0 Å². The van der Waals surface area contributed by atoms with Crippen LogP contribution in [-0.2, 0) is 12.8 Å². The van der Waals surface area contributed by atoms with Crippen molar-refractivity contribution in [3.05, 3.63) is 59.4 Å². The van der Waals surface area contributed by atoms with E-state index < -0.39 is 0 Å². The van der Waals surface area contributed by atoms with Gasteiger partial charge < -0.3 is 4.98 Å². The van der Waals surface area contributed by atoms with Gasteiger partial charge in [0, 0.05) is 17.8 Å². The highest BCUT2D eigenvalue weighted by atomic mass is 14.7. The minimum atomic E-state index is 1.01. The number of benzene rings is 1. The molecule has 0 atom stereocenters. The van der Waals surface area contributed by atoms with Gasteiger partial charge in [0.1, 0.15) is 0 Å². The molecule has 17 heavy (non-hydrogen) atoms. The van der Waals surface area contributed by atoms with Gasteiger partial charge in [-0.25, -0.2) is 0 Å². The number of aromatic amines is 1. The van der Waals surface area contributed by atoms with E-state index in [1.54, 1.807) is 0 Å². The molecule has 0 amide bonds. The average molecular weight is 227 g/mol. The monoisotopic (exact) mass is 227 g/mol. The maximum absolute atomic E-state index is 3.52. The number of hydrogen-bond donors (Lipinski definition) is 1. The molecule has 0 radical (unpaired) electrons. The van der Waals surface area contributed by atoms with Crippen molar-refractivity contribution < 1.29 is 0 Å². The van der Waals surface area contributed by atoms with E-state index in [2.05, 4.69) is 54.4 Å². The van der Waals surface area contributed by atoms with Gasteiger partial charge in [0.2, 0.25) is 0 Å². The van der Waals surface area contributed by atoms with Gasteiger partial charge in [-0.2, -0.15) is 0 Å². The van der Waals surface area contributed by atoms with Gasteiger partial charge in [-0.1, -0.05) is 50.1 Å². The molecule has 0 saturated carbocycles. The largest absolute Gasteiger partial charge is 0.362 e. The number of unbranched alkanes of at least 4 members (excludes halogenated alkanes) is 2. The number of hydrogen-bond acceptors (Lipinski definition) is 0. The summed E-state index contributed by atoms with van der Waals surface area (Å²) >= 11 is 0. The SMILES string of the molecule is CCCCCc1ccc(Cc2ccccc2)[nH]1. The Labute approximate surface area is 104 Å². The molecule has 0 aliphatic carbocycles. The molecule has 0 bridgehead atoms. The molecule has 2 aromatic rings. The summed E-state index contributed by atoms with van der Waals surface area (Å²) in [6, 6.07) is 15.1. The molecule has 1 aromatic heterocycles. The highest BCUT2D eigenvalue weighted by Gasteiger charge is 2.00. The Hall–Kier alpha value is -1.50. The maximum Gasteiger partial charge on any atom is 0.0193 e. The standard InChI is InChI=1S/C16H21N/c1-2-3-5-10-15-11-12-16(17-15)13-14-8-6-4-7-9-14/h4,6-9,11-12,17H,2-3,5,10,13H2,1H3. The van der Waals surface area contributed by atoms with Crippen molar-refractivity contribution in [3.8, 4) is 0 Å². The molecule has 1 aromatic carbocycles. The van der Waals surface area contributed by atoms with E-state index in [1.165, 1.54) is 42.6 Å². The van der Waals surface area contributed by atoms with Gasteiger partial charge in [-0.05, 0) is 30.5 Å². The van der Waals surface area contributed by atoms with Crippen LogP contribution in [0.2, 0.25) is 0 Å². The summed E-state index contributed by atoms with van der Waals surface area (Å²) < 4.78 is 0. The van der Waals surface area contributed by atoms with Crippen LogP contribution in [0.15, 0.2) is 42.5 Å². The Bertz CT molecular complexity index is 428. The molecular formula is C16H21N. The van der Waals surface area contributed by atoms with Crippen LogP contribution in [0.1, 0.15) is 43.1 Å². The van der Waals surface area contributed by atoms with E-state index in [1.807, 2.05) is 0 Å². The Kier molecular flexibility index (Phi) is 4.43. The number of aryl methyl sites for hydroxylation is 1. The molecule has 1 N–H and O–H groups in total. The molecular weight excluding hydrogens is 206 g/mol. The molecule has 90 valence electrons. The lowest BCUT2D eigenvalue weighted by Crippen LogP contribution is -1.90. The fourth-order valence-electron chi connectivity index (χ4n) is 2.12. The zero-order chi connectivity index (χ0) is 11.9.